The average molecular weight is 407 g/mol. The standard InChI is InChI=1S/C24H30N4O2/c1-29-22-20(15-25)14-19(17-28-22)16-26-12-9-23(21-6-2-5-11-27-21)10-13-30-24(18-23)7-3-4-8-24/h2,5-6,11,14,17,26H,3-4,7-10,12-13,16,18H2,1H3/t23-/m0/s1. The van der Waals surface area contributed by atoms with Crippen molar-refractivity contribution in [2.24, 2.45) is 0 Å². The fourth-order valence-corrected chi connectivity index (χ4v) is 5.19. The number of methoxy groups -OCH3 is 1. The van der Waals surface area contributed by atoms with Gasteiger partial charge in [0, 0.05) is 36.7 Å². The number of hydrogen-bond acceptors (Lipinski definition) is 6. The van der Waals surface area contributed by atoms with Gasteiger partial charge in [-0.15, -0.1) is 0 Å². The normalized spacial score (nSPS) is 22.7. The molecule has 6 nitrogen and oxygen atoms in total. The maximum atomic E-state index is 9.27. The zero-order valence-electron chi connectivity index (χ0n) is 17.7. The molecule has 1 aliphatic heterocycles. The van der Waals surface area contributed by atoms with Crippen molar-refractivity contribution >= 4 is 0 Å². The number of ether oxygens (including phenoxy) is 2. The number of rotatable bonds is 7. The molecule has 1 atom stereocenters. The van der Waals surface area contributed by atoms with E-state index in [1.807, 2.05) is 18.3 Å². The van der Waals surface area contributed by atoms with Gasteiger partial charge in [0.15, 0.2) is 0 Å². The Labute approximate surface area is 178 Å². The smallest absolute Gasteiger partial charge is 0.231 e. The van der Waals surface area contributed by atoms with E-state index in [0.29, 0.717) is 18.0 Å². The van der Waals surface area contributed by atoms with Crippen molar-refractivity contribution in [3.8, 4) is 11.9 Å². The highest BCUT2D eigenvalue weighted by molar-refractivity contribution is 5.39. The molecule has 1 saturated heterocycles. The van der Waals surface area contributed by atoms with Crippen molar-refractivity contribution < 1.29 is 9.47 Å². The lowest BCUT2D eigenvalue weighted by Gasteiger charge is -2.46. The van der Waals surface area contributed by atoms with E-state index in [1.54, 1.807) is 6.20 Å². The lowest BCUT2D eigenvalue weighted by Crippen LogP contribution is -2.47. The van der Waals surface area contributed by atoms with Crippen LogP contribution in [0.3, 0.4) is 0 Å². The molecule has 2 fully saturated rings. The molecule has 0 bridgehead atoms. The van der Waals surface area contributed by atoms with Crippen LogP contribution in [0.2, 0.25) is 0 Å². The Morgan fingerprint density at radius 1 is 1.23 bits per heavy atom. The van der Waals surface area contributed by atoms with Crippen molar-refractivity contribution in [1.29, 1.82) is 5.26 Å². The van der Waals surface area contributed by atoms with Crippen molar-refractivity contribution in [1.82, 2.24) is 15.3 Å². The summed E-state index contributed by atoms with van der Waals surface area (Å²) in [6.07, 6.45) is 11.6. The number of aromatic nitrogens is 2. The molecule has 4 rings (SSSR count). The van der Waals surface area contributed by atoms with Gasteiger partial charge in [0.05, 0.1) is 12.7 Å². The molecule has 0 aromatic carbocycles. The second kappa shape index (κ2) is 9.11. The Balaban J connectivity index is 1.44. The van der Waals surface area contributed by atoms with E-state index in [0.717, 1.165) is 38.0 Å². The van der Waals surface area contributed by atoms with E-state index < -0.39 is 0 Å². The van der Waals surface area contributed by atoms with Crippen LogP contribution in [0, 0.1) is 11.3 Å². The minimum Gasteiger partial charge on any atom is -0.480 e. The van der Waals surface area contributed by atoms with E-state index in [1.165, 1.54) is 38.5 Å². The van der Waals surface area contributed by atoms with Gasteiger partial charge in [0.25, 0.3) is 0 Å². The van der Waals surface area contributed by atoms with Gasteiger partial charge in [-0.25, -0.2) is 4.98 Å². The van der Waals surface area contributed by atoms with E-state index in [-0.39, 0.29) is 11.0 Å². The van der Waals surface area contributed by atoms with Crippen LogP contribution in [0.15, 0.2) is 36.7 Å². The first-order valence-electron chi connectivity index (χ1n) is 10.9. The fourth-order valence-electron chi connectivity index (χ4n) is 5.19. The summed E-state index contributed by atoms with van der Waals surface area (Å²) in [4.78, 5) is 9.00. The van der Waals surface area contributed by atoms with Crippen LogP contribution in [0.25, 0.3) is 0 Å². The summed E-state index contributed by atoms with van der Waals surface area (Å²) < 4.78 is 11.5. The molecule has 0 radical (unpaired) electrons. The zero-order chi connectivity index (χ0) is 20.9. The van der Waals surface area contributed by atoms with Gasteiger partial charge in [-0.1, -0.05) is 18.9 Å². The topological polar surface area (TPSA) is 80.1 Å². The summed E-state index contributed by atoms with van der Waals surface area (Å²) in [5.41, 5.74) is 2.73. The van der Waals surface area contributed by atoms with Crippen LogP contribution in [0.4, 0.5) is 0 Å². The predicted molar refractivity (Wildman–Crippen MR) is 114 cm³/mol. The Bertz CT molecular complexity index is 890. The Kier molecular flexibility index (Phi) is 6.31. The van der Waals surface area contributed by atoms with Gasteiger partial charge in [0.1, 0.15) is 11.6 Å². The summed E-state index contributed by atoms with van der Waals surface area (Å²) in [6.45, 7) is 2.36. The molecule has 6 heteroatoms. The lowest BCUT2D eigenvalue weighted by molar-refractivity contribution is -0.104. The number of nitriles is 1. The predicted octanol–water partition coefficient (Wildman–Crippen LogP) is 3.90. The Morgan fingerprint density at radius 2 is 2.10 bits per heavy atom. The van der Waals surface area contributed by atoms with Crippen LogP contribution in [0.5, 0.6) is 5.88 Å². The number of nitrogens with zero attached hydrogens (tertiary/aromatic N) is 3. The van der Waals surface area contributed by atoms with Crippen molar-refractivity contribution in [3.63, 3.8) is 0 Å². The Hall–Kier alpha value is -2.49. The monoisotopic (exact) mass is 406 g/mol. The third kappa shape index (κ3) is 4.33. The van der Waals surface area contributed by atoms with Gasteiger partial charge in [0.2, 0.25) is 5.88 Å². The first-order valence-corrected chi connectivity index (χ1v) is 10.9. The third-order valence-corrected chi connectivity index (χ3v) is 6.70. The number of pyridine rings is 2. The average Bonchev–Trinajstić information content (AvgIpc) is 3.24. The fraction of sp³-hybridized carbons (Fsp3) is 0.542. The molecular formula is C24H30N4O2. The van der Waals surface area contributed by atoms with Gasteiger partial charge in [-0.2, -0.15) is 5.26 Å². The SMILES string of the molecule is COc1ncc(CNCC[C@]2(c3ccccn3)CCOC3(CCCC3)C2)cc1C#N. The highest BCUT2D eigenvalue weighted by Gasteiger charge is 2.48. The van der Waals surface area contributed by atoms with Crippen LogP contribution >= 0.6 is 0 Å². The molecule has 1 saturated carbocycles. The summed E-state index contributed by atoms with van der Waals surface area (Å²) >= 11 is 0. The highest BCUT2D eigenvalue weighted by Crippen LogP contribution is 2.49. The van der Waals surface area contributed by atoms with Gasteiger partial charge >= 0.3 is 0 Å². The second-order valence-electron chi connectivity index (χ2n) is 8.60. The molecule has 2 aromatic rings. The number of hydrogen-bond donors (Lipinski definition) is 1. The molecule has 2 aromatic heterocycles. The van der Waals surface area contributed by atoms with E-state index in [2.05, 4.69) is 28.5 Å². The third-order valence-electron chi connectivity index (χ3n) is 6.70. The molecule has 1 spiro atoms. The van der Waals surface area contributed by atoms with Crippen molar-refractivity contribution in [2.45, 2.75) is 62.5 Å². The summed E-state index contributed by atoms with van der Waals surface area (Å²) in [6, 6.07) is 10.3. The van der Waals surface area contributed by atoms with E-state index >= 15 is 0 Å². The molecule has 0 unspecified atom stereocenters. The summed E-state index contributed by atoms with van der Waals surface area (Å²) in [7, 11) is 1.53. The highest BCUT2D eigenvalue weighted by atomic mass is 16.5. The molecule has 2 aliphatic rings. The lowest BCUT2D eigenvalue weighted by atomic mass is 9.68. The van der Waals surface area contributed by atoms with Gasteiger partial charge < -0.3 is 14.8 Å². The van der Waals surface area contributed by atoms with E-state index in [9.17, 15) is 5.26 Å². The summed E-state index contributed by atoms with van der Waals surface area (Å²) in [5.74, 6) is 0.374. The molecule has 0 amide bonds. The first kappa shape index (κ1) is 20.8. The van der Waals surface area contributed by atoms with Crippen LogP contribution in [-0.4, -0.2) is 35.8 Å². The quantitative estimate of drug-likeness (QED) is 0.703. The van der Waals surface area contributed by atoms with Crippen molar-refractivity contribution in [3.05, 3.63) is 53.5 Å². The maximum Gasteiger partial charge on any atom is 0.231 e. The molecule has 3 heterocycles. The zero-order valence-corrected chi connectivity index (χ0v) is 17.7. The minimum absolute atomic E-state index is 0.0391. The van der Waals surface area contributed by atoms with Gasteiger partial charge in [-0.3, -0.25) is 4.98 Å². The van der Waals surface area contributed by atoms with Gasteiger partial charge in [-0.05, 0) is 62.4 Å². The van der Waals surface area contributed by atoms with Crippen LogP contribution < -0.4 is 10.1 Å². The first-order chi connectivity index (χ1) is 14.7. The van der Waals surface area contributed by atoms with Crippen LogP contribution in [0.1, 0.15) is 61.8 Å². The molecular weight excluding hydrogens is 376 g/mol. The molecule has 1 aliphatic carbocycles. The molecule has 158 valence electrons. The maximum absolute atomic E-state index is 9.27. The summed E-state index contributed by atoms with van der Waals surface area (Å²) in [5, 5.41) is 12.8. The second-order valence-corrected chi connectivity index (χ2v) is 8.60. The van der Waals surface area contributed by atoms with Crippen molar-refractivity contribution in [2.75, 3.05) is 20.3 Å². The molecule has 1 N–H and O–H groups in total. The Morgan fingerprint density at radius 3 is 2.83 bits per heavy atom. The largest absolute Gasteiger partial charge is 0.480 e. The minimum atomic E-state index is 0.0391. The molecule has 30 heavy (non-hydrogen) atoms. The number of nitrogens with one attached hydrogen (secondary N) is 1. The van der Waals surface area contributed by atoms with Crippen LogP contribution in [-0.2, 0) is 16.7 Å². The van der Waals surface area contributed by atoms with E-state index in [4.69, 9.17) is 14.5 Å².